The fraction of sp³-hybridized carbons (Fsp3) is 0.286. The molecule has 2 heterocycles. The highest BCUT2D eigenvalue weighted by atomic mass is 16.6. The SMILES string of the molecule is Cc1c(OCC2CO2)ccc2cc(-c3ccc4c(C)c(OCC5CO5)ccc4c3)ccc12. The van der Waals surface area contributed by atoms with Crippen LogP contribution in [-0.2, 0) is 9.47 Å². The van der Waals surface area contributed by atoms with Crippen LogP contribution in [0.2, 0.25) is 0 Å². The average molecular weight is 427 g/mol. The van der Waals surface area contributed by atoms with E-state index in [2.05, 4.69) is 74.5 Å². The maximum Gasteiger partial charge on any atom is 0.122 e. The van der Waals surface area contributed by atoms with E-state index in [9.17, 15) is 0 Å². The molecule has 4 heteroatoms. The molecule has 0 saturated carbocycles. The predicted molar refractivity (Wildman–Crippen MR) is 127 cm³/mol. The number of aryl methyl sites for hydroxylation is 2. The molecule has 4 nitrogen and oxygen atoms in total. The van der Waals surface area contributed by atoms with Crippen molar-refractivity contribution >= 4 is 21.5 Å². The van der Waals surface area contributed by atoms with Gasteiger partial charge in [0, 0.05) is 0 Å². The van der Waals surface area contributed by atoms with Crippen molar-refractivity contribution < 1.29 is 18.9 Å². The van der Waals surface area contributed by atoms with Crippen LogP contribution in [0.5, 0.6) is 11.5 Å². The topological polar surface area (TPSA) is 43.5 Å². The number of ether oxygens (including phenoxy) is 4. The van der Waals surface area contributed by atoms with E-state index in [0.29, 0.717) is 13.2 Å². The lowest BCUT2D eigenvalue weighted by Gasteiger charge is -2.13. The molecule has 0 N–H and O–H groups in total. The molecular formula is C28H26O4. The molecule has 0 aliphatic carbocycles. The van der Waals surface area contributed by atoms with Gasteiger partial charge in [-0.2, -0.15) is 0 Å². The monoisotopic (exact) mass is 426 g/mol. The molecule has 2 aliphatic heterocycles. The molecule has 4 aromatic carbocycles. The largest absolute Gasteiger partial charge is 0.490 e. The summed E-state index contributed by atoms with van der Waals surface area (Å²) in [6.07, 6.45) is 0.526. The molecule has 2 atom stereocenters. The second-order valence-electron chi connectivity index (χ2n) is 8.78. The van der Waals surface area contributed by atoms with Gasteiger partial charge in [-0.1, -0.05) is 36.4 Å². The lowest BCUT2D eigenvalue weighted by atomic mass is 9.95. The Morgan fingerprint density at radius 3 is 1.50 bits per heavy atom. The zero-order valence-electron chi connectivity index (χ0n) is 18.4. The van der Waals surface area contributed by atoms with Crippen LogP contribution in [0.1, 0.15) is 11.1 Å². The number of hydrogen-bond donors (Lipinski definition) is 0. The molecule has 32 heavy (non-hydrogen) atoms. The number of hydrogen-bond acceptors (Lipinski definition) is 4. The molecule has 0 bridgehead atoms. The van der Waals surface area contributed by atoms with Gasteiger partial charge in [0.25, 0.3) is 0 Å². The first kappa shape index (κ1) is 19.6. The van der Waals surface area contributed by atoms with Crippen molar-refractivity contribution in [1.29, 1.82) is 0 Å². The Labute approximate surface area is 187 Å². The minimum Gasteiger partial charge on any atom is -0.490 e. The molecule has 162 valence electrons. The summed E-state index contributed by atoms with van der Waals surface area (Å²) in [5, 5.41) is 4.89. The molecule has 2 saturated heterocycles. The summed E-state index contributed by atoms with van der Waals surface area (Å²) in [6, 6.07) is 21.8. The molecule has 0 spiro atoms. The standard InChI is InChI=1S/C28H26O4/c1-17-25-7-3-19(11-21(25)5-9-27(17)31-15-23-13-29-23)20-4-8-26-18(2)28(10-6-22(26)12-20)32-16-24-14-30-24/h3-12,23-24H,13-16H2,1-2H3. The molecule has 2 aliphatic rings. The van der Waals surface area contributed by atoms with E-state index in [1.165, 1.54) is 43.8 Å². The van der Waals surface area contributed by atoms with Gasteiger partial charge in [-0.3, -0.25) is 0 Å². The first-order valence-corrected chi connectivity index (χ1v) is 11.2. The Hall–Kier alpha value is -3.08. The van der Waals surface area contributed by atoms with Gasteiger partial charge in [-0.25, -0.2) is 0 Å². The van der Waals surface area contributed by atoms with Gasteiger partial charge in [0.15, 0.2) is 0 Å². The van der Waals surface area contributed by atoms with Gasteiger partial charge in [-0.05, 0) is 81.9 Å². The van der Waals surface area contributed by atoms with Crippen molar-refractivity contribution in [3.8, 4) is 22.6 Å². The molecule has 4 aromatic rings. The van der Waals surface area contributed by atoms with E-state index in [1.54, 1.807) is 0 Å². The van der Waals surface area contributed by atoms with E-state index in [1.807, 2.05) is 0 Å². The predicted octanol–water partition coefficient (Wildman–Crippen LogP) is 5.83. The maximum absolute atomic E-state index is 5.94. The summed E-state index contributed by atoms with van der Waals surface area (Å²) < 4.78 is 22.4. The van der Waals surface area contributed by atoms with Crippen LogP contribution in [0, 0.1) is 13.8 Å². The second-order valence-corrected chi connectivity index (χ2v) is 8.78. The highest BCUT2D eigenvalue weighted by molar-refractivity contribution is 5.94. The van der Waals surface area contributed by atoms with E-state index < -0.39 is 0 Å². The van der Waals surface area contributed by atoms with Crippen molar-refractivity contribution in [2.75, 3.05) is 26.4 Å². The Kier molecular flexibility index (Phi) is 4.78. The van der Waals surface area contributed by atoms with Crippen LogP contribution >= 0.6 is 0 Å². The zero-order valence-corrected chi connectivity index (χ0v) is 18.4. The molecule has 2 unspecified atom stereocenters. The highest BCUT2D eigenvalue weighted by Gasteiger charge is 2.24. The van der Waals surface area contributed by atoms with E-state index >= 15 is 0 Å². The molecule has 0 amide bonds. The summed E-state index contributed by atoms with van der Waals surface area (Å²) in [6.45, 7) is 7.12. The van der Waals surface area contributed by atoms with Crippen molar-refractivity contribution in [2.24, 2.45) is 0 Å². The third-order valence-corrected chi connectivity index (χ3v) is 6.47. The average Bonchev–Trinajstić information content (AvgIpc) is 3.73. The number of fused-ring (bicyclic) bond motifs is 2. The van der Waals surface area contributed by atoms with Crippen LogP contribution < -0.4 is 9.47 Å². The number of epoxide rings is 2. The van der Waals surface area contributed by atoms with Crippen LogP contribution in [0.4, 0.5) is 0 Å². The summed E-state index contributed by atoms with van der Waals surface area (Å²) in [5.41, 5.74) is 4.77. The van der Waals surface area contributed by atoms with Gasteiger partial charge in [0.05, 0.1) is 13.2 Å². The van der Waals surface area contributed by atoms with Crippen molar-refractivity contribution in [2.45, 2.75) is 26.1 Å². The molecular weight excluding hydrogens is 400 g/mol. The Morgan fingerprint density at radius 2 is 1.09 bits per heavy atom. The highest BCUT2D eigenvalue weighted by Crippen LogP contribution is 2.34. The smallest absolute Gasteiger partial charge is 0.122 e. The molecule has 6 rings (SSSR count). The van der Waals surface area contributed by atoms with Crippen LogP contribution in [-0.4, -0.2) is 38.6 Å². The van der Waals surface area contributed by atoms with Gasteiger partial charge in [0.2, 0.25) is 0 Å². The minimum atomic E-state index is 0.263. The maximum atomic E-state index is 5.94. The van der Waals surface area contributed by atoms with Gasteiger partial charge >= 0.3 is 0 Å². The number of benzene rings is 4. The summed E-state index contributed by atoms with van der Waals surface area (Å²) >= 11 is 0. The van der Waals surface area contributed by atoms with Gasteiger partial charge in [-0.15, -0.1) is 0 Å². The third-order valence-electron chi connectivity index (χ3n) is 6.47. The van der Waals surface area contributed by atoms with E-state index in [-0.39, 0.29) is 12.2 Å². The van der Waals surface area contributed by atoms with Crippen LogP contribution in [0.25, 0.3) is 32.7 Å². The van der Waals surface area contributed by atoms with E-state index in [0.717, 1.165) is 24.7 Å². The lowest BCUT2D eigenvalue weighted by molar-refractivity contribution is 0.262. The van der Waals surface area contributed by atoms with E-state index in [4.69, 9.17) is 18.9 Å². The lowest BCUT2D eigenvalue weighted by Crippen LogP contribution is -2.05. The zero-order chi connectivity index (χ0) is 21.7. The Bertz CT molecular complexity index is 1220. The van der Waals surface area contributed by atoms with Crippen molar-refractivity contribution in [3.05, 3.63) is 71.8 Å². The van der Waals surface area contributed by atoms with Gasteiger partial charge in [0.1, 0.15) is 36.9 Å². The number of rotatable bonds is 7. The first-order chi connectivity index (χ1) is 15.7. The van der Waals surface area contributed by atoms with Crippen molar-refractivity contribution in [3.63, 3.8) is 0 Å². The quantitative estimate of drug-likeness (QED) is 0.349. The van der Waals surface area contributed by atoms with Crippen molar-refractivity contribution in [1.82, 2.24) is 0 Å². The fourth-order valence-corrected chi connectivity index (χ4v) is 4.30. The fourth-order valence-electron chi connectivity index (χ4n) is 4.30. The van der Waals surface area contributed by atoms with Crippen LogP contribution in [0.15, 0.2) is 60.7 Å². The summed E-state index contributed by atoms with van der Waals surface area (Å²) in [4.78, 5) is 0. The third kappa shape index (κ3) is 3.81. The summed E-state index contributed by atoms with van der Waals surface area (Å²) in [7, 11) is 0. The first-order valence-electron chi connectivity index (χ1n) is 11.2. The normalized spacial score (nSPS) is 19.3. The minimum absolute atomic E-state index is 0.263. The molecule has 0 radical (unpaired) electrons. The summed E-state index contributed by atoms with van der Waals surface area (Å²) in [5.74, 6) is 1.88. The molecule has 0 aromatic heterocycles. The Balaban J connectivity index is 1.30. The second kappa shape index (κ2) is 7.80. The Morgan fingerprint density at radius 1 is 0.656 bits per heavy atom. The van der Waals surface area contributed by atoms with Crippen LogP contribution in [0.3, 0.4) is 0 Å². The van der Waals surface area contributed by atoms with Gasteiger partial charge < -0.3 is 18.9 Å². The molecule has 2 fully saturated rings.